The number of likely N-dealkylation sites (tertiary alicyclic amines) is 1. The van der Waals surface area contributed by atoms with E-state index in [9.17, 15) is 4.79 Å². The largest absolute Gasteiger partial charge is 0.376 e. The van der Waals surface area contributed by atoms with Crippen molar-refractivity contribution in [2.45, 2.75) is 46.3 Å². The van der Waals surface area contributed by atoms with Crippen molar-refractivity contribution in [2.24, 2.45) is 10.9 Å². The summed E-state index contributed by atoms with van der Waals surface area (Å²) in [6.07, 6.45) is 2.51. The standard InChI is InChI=1S/C26H36N4O2.HI/c1-3-8-25(31)29-24-13-11-21(12-14-24)17-28-26(27-4-2)30-16-15-23(18-30)20-32-19-22-9-6-5-7-10-22;/h5-7,9-14,23H,3-4,8,15-20H2,1-2H3,(H,27,28)(H,29,31);1H. The zero-order chi connectivity index (χ0) is 22.6. The summed E-state index contributed by atoms with van der Waals surface area (Å²) < 4.78 is 5.96. The van der Waals surface area contributed by atoms with Gasteiger partial charge in [0.2, 0.25) is 5.91 Å². The predicted octanol–water partition coefficient (Wildman–Crippen LogP) is 5.05. The maximum Gasteiger partial charge on any atom is 0.224 e. The van der Waals surface area contributed by atoms with E-state index < -0.39 is 0 Å². The van der Waals surface area contributed by atoms with Gasteiger partial charge in [0, 0.05) is 37.7 Å². The molecule has 180 valence electrons. The van der Waals surface area contributed by atoms with Crippen LogP contribution in [-0.2, 0) is 22.7 Å². The van der Waals surface area contributed by atoms with Crippen molar-refractivity contribution in [1.82, 2.24) is 10.2 Å². The second-order valence-corrected chi connectivity index (χ2v) is 8.27. The molecule has 1 heterocycles. The summed E-state index contributed by atoms with van der Waals surface area (Å²) >= 11 is 0. The molecule has 2 aromatic carbocycles. The molecule has 0 spiro atoms. The minimum Gasteiger partial charge on any atom is -0.376 e. The molecule has 1 amide bonds. The highest BCUT2D eigenvalue weighted by Gasteiger charge is 2.25. The van der Waals surface area contributed by atoms with E-state index in [-0.39, 0.29) is 29.9 Å². The van der Waals surface area contributed by atoms with E-state index in [2.05, 4.69) is 34.6 Å². The molecule has 1 saturated heterocycles. The number of ether oxygens (including phenoxy) is 1. The summed E-state index contributed by atoms with van der Waals surface area (Å²) in [7, 11) is 0. The Morgan fingerprint density at radius 2 is 1.85 bits per heavy atom. The smallest absolute Gasteiger partial charge is 0.224 e. The van der Waals surface area contributed by atoms with Crippen LogP contribution < -0.4 is 10.6 Å². The summed E-state index contributed by atoms with van der Waals surface area (Å²) in [5.74, 6) is 1.54. The van der Waals surface area contributed by atoms with Crippen LogP contribution >= 0.6 is 24.0 Å². The second kappa shape index (κ2) is 14.9. The normalized spacial score (nSPS) is 15.8. The highest BCUT2D eigenvalue weighted by atomic mass is 127. The molecule has 1 atom stereocenters. The Morgan fingerprint density at radius 1 is 1.09 bits per heavy atom. The number of nitrogens with zero attached hydrogens (tertiary/aromatic N) is 2. The summed E-state index contributed by atoms with van der Waals surface area (Å²) in [5, 5.41) is 6.35. The predicted molar refractivity (Wildman–Crippen MR) is 146 cm³/mol. The Morgan fingerprint density at radius 3 is 2.55 bits per heavy atom. The molecule has 0 aromatic heterocycles. The Labute approximate surface area is 215 Å². The first-order valence-corrected chi connectivity index (χ1v) is 11.7. The van der Waals surface area contributed by atoms with Gasteiger partial charge in [0.1, 0.15) is 0 Å². The summed E-state index contributed by atoms with van der Waals surface area (Å²) in [6, 6.07) is 18.3. The second-order valence-electron chi connectivity index (χ2n) is 8.27. The molecule has 0 aliphatic carbocycles. The molecule has 1 fully saturated rings. The van der Waals surface area contributed by atoms with Crippen LogP contribution in [0.3, 0.4) is 0 Å². The van der Waals surface area contributed by atoms with E-state index in [0.29, 0.717) is 25.5 Å². The number of aliphatic imine (C=N–C) groups is 1. The van der Waals surface area contributed by atoms with Crippen molar-refractivity contribution in [2.75, 3.05) is 31.6 Å². The zero-order valence-electron chi connectivity index (χ0n) is 19.8. The molecular weight excluding hydrogens is 527 g/mol. The maximum absolute atomic E-state index is 11.7. The molecule has 0 saturated carbocycles. The fraction of sp³-hybridized carbons (Fsp3) is 0.462. The van der Waals surface area contributed by atoms with Gasteiger partial charge in [0.25, 0.3) is 0 Å². The van der Waals surface area contributed by atoms with E-state index in [4.69, 9.17) is 9.73 Å². The molecule has 33 heavy (non-hydrogen) atoms. The third kappa shape index (κ3) is 9.33. The lowest BCUT2D eigenvalue weighted by Crippen LogP contribution is -2.40. The molecule has 3 rings (SSSR count). The van der Waals surface area contributed by atoms with Gasteiger partial charge in [-0.2, -0.15) is 0 Å². The third-order valence-corrected chi connectivity index (χ3v) is 5.51. The number of halogens is 1. The molecule has 0 bridgehead atoms. The molecule has 7 heteroatoms. The van der Waals surface area contributed by atoms with Gasteiger partial charge in [0.15, 0.2) is 5.96 Å². The van der Waals surface area contributed by atoms with Crippen molar-refractivity contribution in [3.05, 3.63) is 65.7 Å². The Kier molecular flexibility index (Phi) is 12.2. The van der Waals surface area contributed by atoms with Crippen LogP contribution in [0.15, 0.2) is 59.6 Å². The highest BCUT2D eigenvalue weighted by molar-refractivity contribution is 14.0. The molecule has 2 aromatic rings. The third-order valence-electron chi connectivity index (χ3n) is 5.51. The van der Waals surface area contributed by atoms with Crippen LogP contribution in [0.25, 0.3) is 0 Å². The highest BCUT2D eigenvalue weighted by Crippen LogP contribution is 2.18. The minimum atomic E-state index is 0. The number of hydrogen-bond donors (Lipinski definition) is 2. The van der Waals surface area contributed by atoms with E-state index in [1.807, 2.05) is 49.4 Å². The topological polar surface area (TPSA) is 66.0 Å². The summed E-state index contributed by atoms with van der Waals surface area (Å²) in [6.45, 7) is 8.94. The van der Waals surface area contributed by atoms with Crippen molar-refractivity contribution >= 4 is 41.5 Å². The Hall–Kier alpha value is -2.13. The average molecular weight is 565 g/mol. The van der Waals surface area contributed by atoms with Gasteiger partial charge in [-0.1, -0.05) is 49.4 Å². The zero-order valence-corrected chi connectivity index (χ0v) is 22.1. The van der Waals surface area contributed by atoms with Crippen LogP contribution in [0.1, 0.15) is 44.2 Å². The number of guanidine groups is 1. The fourth-order valence-electron chi connectivity index (χ4n) is 3.81. The van der Waals surface area contributed by atoms with Crippen LogP contribution in [0, 0.1) is 5.92 Å². The fourth-order valence-corrected chi connectivity index (χ4v) is 3.81. The number of rotatable bonds is 10. The van der Waals surface area contributed by atoms with Crippen molar-refractivity contribution < 1.29 is 9.53 Å². The summed E-state index contributed by atoms with van der Waals surface area (Å²) in [5.41, 5.74) is 3.17. The van der Waals surface area contributed by atoms with Gasteiger partial charge in [-0.25, -0.2) is 4.99 Å². The number of carbonyl (C=O) groups is 1. The molecule has 0 radical (unpaired) electrons. The van der Waals surface area contributed by atoms with E-state index in [0.717, 1.165) is 56.3 Å². The van der Waals surface area contributed by atoms with Crippen LogP contribution in [0.2, 0.25) is 0 Å². The van der Waals surface area contributed by atoms with E-state index in [1.54, 1.807) is 0 Å². The lowest BCUT2D eigenvalue weighted by atomic mass is 10.1. The van der Waals surface area contributed by atoms with Crippen molar-refractivity contribution in [1.29, 1.82) is 0 Å². The van der Waals surface area contributed by atoms with Gasteiger partial charge < -0.3 is 20.3 Å². The van der Waals surface area contributed by atoms with E-state index >= 15 is 0 Å². The van der Waals surface area contributed by atoms with Gasteiger partial charge >= 0.3 is 0 Å². The number of anilines is 1. The number of amides is 1. The van der Waals surface area contributed by atoms with Crippen LogP contribution in [0.5, 0.6) is 0 Å². The Balaban J connectivity index is 0.00000385. The molecular formula is C26H37IN4O2. The average Bonchev–Trinajstić information content (AvgIpc) is 3.27. The molecule has 2 N–H and O–H groups in total. The van der Waals surface area contributed by atoms with Crippen LogP contribution in [0.4, 0.5) is 5.69 Å². The number of benzene rings is 2. The van der Waals surface area contributed by atoms with Gasteiger partial charge in [-0.3, -0.25) is 4.79 Å². The lowest BCUT2D eigenvalue weighted by molar-refractivity contribution is -0.116. The quantitative estimate of drug-likeness (QED) is 0.241. The maximum atomic E-state index is 11.7. The lowest BCUT2D eigenvalue weighted by Gasteiger charge is -2.21. The van der Waals surface area contributed by atoms with Gasteiger partial charge in [-0.15, -0.1) is 24.0 Å². The summed E-state index contributed by atoms with van der Waals surface area (Å²) in [4.78, 5) is 18.9. The SMILES string of the molecule is CCCC(=O)Nc1ccc(CN=C(NCC)N2CCC(COCc3ccccc3)C2)cc1.I. The molecule has 1 aliphatic heterocycles. The number of nitrogens with one attached hydrogen (secondary N) is 2. The number of carbonyl (C=O) groups excluding carboxylic acids is 1. The first-order chi connectivity index (χ1) is 15.7. The molecule has 1 aliphatic rings. The minimum absolute atomic E-state index is 0. The van der Waals surface area contributed by atoms with Crippen molar-refractivity contribution in [3.63, 3.8) is 0 Å². The van der Waals surface area contributed by atoms with Crippen LogP contribution in [-0.4, -0.2) is 43.0 Å². The number of hydrogen-bond acceptors (Lipinski definition) is 3. The monoisotopic (exact) mass is 564 g/mol. The first kappa shape index (κ1) is 27.1. The first-order valence-electron chi connectivity index (χ1n) is 11.7. The van der Waals surface area contributed by atoms with Gasteiger partial charge in [0.05, 0.1) is 19.8 Å². The molecule has 6 nitrogen and oxygen atoms in total. The Bertz CT molecular complexity index is 858. The van der Waals surface area contributed by atoms with E-state index in [1.165, 1.54) is 5.56 Å². The molecule has 1 unspecified atom stereocenters. The van der Waals surface area contributed by atoms with Gasteiger partial charge in [-0.05, 0) is 43.0 Å². The van der Waals surface area contributed by atoms with Crippen molar-refractivity contribution in [3.8, 4) is 0 Å².